The minimum atomic E-state index is -4.34. The van der Waals surface area contributed by atoms with Crippen LogP contribution in [0, 0.1) is 6.92 Å². The summed E-state index contributed by atoms with van der Waals surface area (Å²) in [6, 6.07) is 3.66. The molecule has 0 heterocycles. The molecule has 0 fully saturated rings. The number of halogens is 3. The van der Waals surface area contributed by atoms with Crippen molar-refractivity contribution in [2.24, 2.45) is 0 Å². The van der Waals surface area contributed by atoms with Crippen molar-refractivity contribution in [3.8, 4) is 0 Å². The van der Waals surface area contributed by atoms with Crippen molar-refractivity contribution in [2.45, 2.75) is 22.2 Å². The first-order chi connectivity index (χ1) is 6.79. The number of aryl methyl sites for hydroxylation is 1. The van der Waals surface area contributed by atoms with Crippen molar-refractivity contribution in [2.75, 3.05) is 0 Å². The quantitative estimate of drug-likeness (QED) is 0.652. The molecule has 1 unspecified atom stereocenters. The van der Waals surface area contributed by atoms with E-state index >= 15 is 0 Å². The Morgan fingerprint density at radius 1 is 1.40 bits per heavy atom. The van der Waals surface area contributed by atoms with Crippen LogP contribution in [0.4, 0.5) is 13.2 Å². The third kappa shape index (κ3) is 3.84. The van der Waals surface area contributed by atoms with Crippen LogP contribution in [0.3, 0.4) is 0 Å². The van der Waals surface area contributed by atoms with Gasteiger partial charge in [0.1, 0.15) is 0 Å². The average Bonchev–Trinajstić information content (AvgIpc) is 2.05. The highest BCUT2D eigenvalue weighted by Crippen LogP contribution is 2.38. The van der Waals surface area contributed by atoms with Crippen LogP contribution in [0.1, 0.15) is 5.56 Å². The van der Waals surface area contributed by atoms with E-state index in [1.807, 2.05) is 0 Å². The third-order valence-corrected chi connectivity index (χ3v) is 3.14. The van der Waals surface area contributed by atoms with Crippen LogP contribution in [0.15, 0.2) is 28.0 Å². The highest BCUT2D eigenvalue weighted by molar-refractivity contribution is 8.00. The number of rotatable bonds is 2. The number of thioether (sulfide) groups is 1. The fourth-order valence-electron chi connectivity index (χ4n) is 0.970. The predicted molar refractivity (Wildman–Crippen MR) is 52.1 cm³/mol. The van der Waals surface area contributed by atoms with Gasteiger partial charge in [-0.3, -0.25) is 0 Å². The second-order valence-corrected chi connectivity index (χ2v) is 4.80. The van der Waals surface area contributed by atoms with Crippen molar-refractivity contribution in [3.05, 3.63) is 23.8 Å². The highest BCUT2D eigenvalue weighted by atomic mass is 32.2. The fourth-order valence-corrected chi connectivity index (χ4v) is 2.04. The van der Waals surface area contributed by atoms with Gasteiger partial charge in [0, 0.05) is 4.90 Å². The van der Waals surface area contributed by atoms with E-state index in [1.54, 1.807) is 0 Å². The summed E-state index contributed by atoms with van der Waals surface area (Å²) < 4.78 is 55.4. The molecule has 1 N–H and O–H groups in total. The van der Waals surface area contributed by atoms with Crippen LogP contribution >= 0.6 is 11.8 Å². The molecule has 0 saturated heterocycles. The summed E-state index contributed by atoms with van der Waals surface area (Å²) in [5.74, 6) is 0. The lowest BCUT2D eigenvalue weighted by Gasteiger charge is -2.08. The standard InChI is InChI=1S/C8H7F3O2S2/c1-5-4-6(15(12)13)2-3-7(5)14-8(9,10)11/h2-4H,1H3,(H,12,13). The van der Waals surface area contributed by atoms with E-state index in [0.717, 1.165) is 0 Å². The molecule has 0 aliphatic heterocycles. The number of hydrogen-bond acceptors (Lipinski definition) is 2. The summed E-state index contributed by atoms with van der Waals surface area (Å²) in [7, 11) is 0. The molecule has 0 aliphatic rings. The summed E-state index contributed by atoms with van der Waals surface area (Å²) in [6.07, 6.45) is 0. The maximum Gasteiger partial charge on any atom is 0.446 e. The number of hydrogen-bond donors (Lipinski definition) is 1. The lowest BCUT2D eigenvalue weighted by Crippen LogP contribution is -2.00. The Morgan fingerprint density at radius 2 is 2.00 bits per heavy atom. The van der Waals surface area contributed by atoms with Gasteiger partial charge in [0.25, 0.3) is 0 Å². The van der Waals surface area contributed by atoms with Gasteiger partial charge in [0.2, 0.25) is 0 Å². The van der Waals surface area contributed by atoms with E-state index in [0.29, 0.717) is 5.56 Å². The Balaban J connectivity index is 2.99. The zero-order chi connectivity index (χ0) is 11.6. The Kier molecular flexibility index (Phi) is 3.80. The summed E-state index contributed by atoms with van der Waals surface area (Å²) >= 11 is -2.39. The first-order valence-corrected chi connectivity index (χ1v) is 5.69. The Labute approximate surface area is 91.2 Å². The van der Waals surface area contributed by atoms with Crippen molar-refractivity contribution in [3.63, 3.8) is 0 Å². The Morgan fingerprint density at radius 3 is 2.40 bits per heavy atom. The first-order valence-electron chi connectivity index (χ1n) is 3.77. The van der Waals surface area contributed by atoms with E-state index in [2.05, 4.69) is 0 Å². The van der Waals surface area contributed by atoms with Crippen LogP contribution in [0.25, 0.3) is 0 Å². The monoisotopic (exact) mass is 256 g/mol. The van der Waals surface area contributed by atoms with Crippen LogP contribution in [-0.2, 0) is 11.1 Å². The molecular formula is C8H7F3O2S2. The smallest absolute Gasteiger partial charge is 0.302 e. The molecule has 84 valence electrons. The molecular weight excluding hydrogens is 249 g/mol. The topological polar surface area (TPSA) is 37.3 Å². The highest BCUT2D eigenvalue weighted by Gasteiger charge is 2.29. The van der Waals surface area contributed by atoms with E-state index in [4.69, 9.17) is 4.55 Å². The lowest BCUT2D eigenvalue weighted by atomic mass is 10.2. The molecule has 0 radical (unpaired) electrons. The lowest BCUT2D eigenvalue weighted by molar-refractivity contribution is -0.0328. The number of alkyl halides is 3. The van der Waals surface area contributed by atoms with Gasteiger partial charge in [-0.2, -0.15) is 13.2 Å². The number of benzene rings is 1. The van der Waals surface area contributed by atoms with Gasteiger partial charge in [-0.05, 0) is 42.4 Å². The molecule has 1 aromatic rings. The largest absolute Gasteiger partial charge is 0.446 e. The zero-order valence-electron chi connectivity index (χ0n) is 7.54. The normalized spacial score (nSPS) is 13.9. The molecule has 2 nitrogen and oxygen atoms in total. The molecule has 1 aromatic carbocycles. The van der Waals surface area contributed by atoms with Gasteiger partial charge in [-0.1, -0.05) is 0 Å². The van der Waals surface area contributed by atoms with Gasteiger partial charge in [-0.25, -0.2) is 4.21 Å². The van der Waals surface area contributed by atoms with E-state index in [-0.39, 0.29) is 21.6 Å². The molecule has 0 aliphatic carbocycles. The van der Waals surface area contributed by atoms with Gasteiger partial charge in [0.05, 0.1) is 4.90 Å². The van der Waals surface area contributed by atoms with Crippen molar-refractivity contribution in [1.82, 2.24) is 0 Å². The van der Waals surface area contributed by atoms with E-state index < -0.39 is 16.6 Å². The van der Waals surface area contributed by atoms with Gasteiger partial charge in [-0.15, -0.1) is 0 Å². The molecule has 1 rings (SSSR count). The Bertz CT molecular complexity index is 390. The zero-order valence-corrected chi connectivity index (χ0v) is 9.17. The van der Waals surface area contributed by atoms with E-state index in [9.17, 15) is 17.4 Å². The van der Waals surface area contributed by atoms with Crippen LogP contribution in [0.2, 0.25) is 0 Å². The molecule has 0 saturated carbocycles. The van der Waals surface area contributed by atoms with E-state index in [1.165, 1.54) is 25.1 Å². The third-order valence-electron chi connectivity index (χ3n) is 1.57. The second-order valence-electron chi connectivity index (χ2n) is 2.72. The van der Waals surface area contributed by atoms with Crippen molar-refractivity contribution < 1.29 is 21.9 Å². The summed E-state index contributed by atoms with van der Waals surface area (Å²) in [6.45, 7) is 1.46. The summed E-state index contributed by atoms with van der Waals surface area (Å²) in [5, 5.41) is 0. The molecule has 0 aromatic heterocycles. The van der Waals surface area contributed by atoms with Crippen molar-refractivity contribution >= 4 is 22.8 Å². The van der Waals surface area contributed by atoms with Gasteiger partial charge < -0.3 is 4.55 Å². The predicted octanol–water partition coefficient (Wildman–Crippen LogP) is 3.19. The maximum atomic E-state index is 12.0. The molecule has 1 atom stereocenters. The molecule has 0 bridgehead atoms. The molecule has 0 spiro atoms. The maximum absolute atomic E-state index is 12.0. The summed E-state index contributed by atoms with van der Waals surface area (Å²) in [5.41, 5.74) is -4.01. The van der Waals surface area contributed by atoms with Crippen LogP contribution in [-0.4, -0.2) is 14.3 Å². The van der Waals surface area contributed by atoms with Crippen molar-refractivity contribution in [1.29, 1.82) is 0 Å². The Hall–Kier alpha value is -0.530. The van der Waals surface area contributed by atoms with Gasteiger partial charge >= 0.3 is 5.51 Å². The second kappa shape index (κ2) is 4.54. The SMILES string of the molecule is Cc1cc(S(=O)O)ccc1SC(F)(F)F. The minimum absolute atomic E-state index is 0.0386. The summed E-state index contributed by atoms with van der Waals surface area (Å²) in [4.78, 5) is 0.135. The first kappa shape index (κ1) is 12.5. The molecule has 0 amide bonds. The minimum Gasteiger partial charge on any atom is -0.302 e. The van der Waals surface area contributed by atoms with Crippen LogP contribution in [0.5, 0.6) is 0 Å². The average molecular weight is 256 g/mol. The molecule has 15 heavy (non-hydrogen) atoms. The fraction of sp³-hybridized carbons (Fsp3) is 0.250. The van der Waals surface area contributed by atoms with Gasteiger partial charge in [0.15, 0.2) is 11.1 Å². The van der Waals surface area contributed by atoms with Crippen LogP contribution < -0.4 is 0 Å². The molecule has 7 heteroatoms.